The van der Waals surface area contributed by atoms with Gasteiger partial charge in [0, 0.05) is 44.5 Å². The van der Waals surface area contributed by atoms with E-state index < -0.39 is 0 Å². The second-order valence-corrected chi connectivity index (χ2v) is 16.4. The third-order valence-electron chi connectivity index (χ3n) is 12.7. The summed E-state index contributed by atoms with van der Waals surface area (Å²) in [5.41, 5.74) is 19.4. The highest BCUT2D eigenvalue weighted by Gasteiger charge is 2.20. The molecule has 4 heteroatoms. The second kappa shape index (κ2) is 19.3. The van der Waals surface area contributed by atoms with Gasteiger partial charge in [-0.3, -0.25) is 0 Å². The van der Waals surface area contributed by atoms with Crippen LogP contribution in [0.4, 0.5) is 0 Å². The van der Waals surface area contributed by atoms with Crippen LogP contribution in [-0.4, -0.2) is 9.13 Å². The zero-order valence-electron chi connectivity index (χ0n) is 38.0. The number of hydrogen-bond donors (Lipinski definition) is 1. The van der Waals surface area contributed by atoms with Crippen LogP contribution in [0.2, 0.25) is 0 Å². The van der Waals surface area contributed by atoms with E-state index in [0.717, 1.165) is 17.8 Å². The average Bonchev–Trinajstić information content (AvgIpc) is 3.89. The minimum Gasteiger partial charge on any atom is -0.374 e. The first-order chi connectivity index (χ1) is 32.1. The van der Waals surface area contributed by atoms with Crippen LogP contribution in [0.15, 0.2) is 218 Å². The molecule has 0 radical (unpaired) electrons. The van der Waals surface area contributed by atoms with E-state index in [-0.39, 0.29) is 19.5 Å². The van der Waals surface area contributed by atoms with Gasteiger partial charge in [-0.05, 0) is 131 Å². The molecule has 1 atom stereocenters. The maximum absolute atomic E-state index is 3.84. The van der Waals surface area contributed by atoms with Crippen LogP contribution in [-0.2, 0) is 6.42 Å². The number of nitrogens with one attached hydrogen (secondary N) is 1. The van der Waals surface area contributed by atoms with Gasteiger partial charge in [0.1, 0.15) is 0 Å². The predicted molar refractivity (Wildman–Crippen MR) is 289 cm³/mol. The molecule has 1 aliphatic rings. The fourth-order valence-corrected chi connectivity index (χ4v) is 9.67. The normalized spacial score (nSPS) is 13.5. The van der Waals surface area contributed by atoms with Crippen LogP contribution in [0, 0.1) is 0 Å². The van der Waals surface area contributed by atoms with E-state index in [9.17, 15) is 0 Å². The van der Waals surface area contributed by atoms with Crippen molar-refractivity contribution >= 4 is 63.6 Å². The van der Waals surface area contributed by atoms with Crippen LogP contribution in [0.25, 0.3) is 83.7 Å². The lowest BCUT2D eigenvalue weighted by Crippen LogP contribution is -2.21. The standard InChI is InChI=1S/C60H47N3.C2H6.H2S/c1-3-17-51-53-37-46(30-34-59(53)62(57(51)4-2)49-24-12-7-13-25-49)44-22-16-23-45(36-44)47-31-35-60-54(38-47)52-26-14-15-27-58(52)63(60)50-32-28-43(29-33-50)56-40-48(41-18-8-5-9-19-41)39-55(61-56)42-20-10-6-11-21-42;1-2;/h3,5-40,56,61H,4H2,1-2H3;1-2H3;1H2/b17-3-;;. The quantitative estimate of drug-likeness (QED) is 0.153. The minimum absolute atomic E-state index is 0. The molecule has 66 heavy (non-hydrogen) atoms. The highest BCUT2D eigenvalue weighted by atomic mass is 32.1. The highest BCUT2D eigenvalue weighted by molar-refractivity contribution is 7.59. The second-order valence-electron chi connectivity index (χ2n) is 16.4. The molecule has 0 spiro atoms. The van der Waals surface area contributed by atoms with Gasteiger partial charge in [0.25, 0.3) is 0 Å². The fourth-order valence-electron chi connectivity index (χ4n) is 9.67. The van der Waals surface area contributed by atoms with Gasteiger partial charge in [-0.1, -0.05) is 172 Å². The number of rotatable bonds is 9. The van der Waals surface area contributed by atoms with Gasteiger partial charge in [0.2, 0.25) is 0 Å². The first-order valence-electron chi connectivity index (χ1n) is 23.1. The van der Waals surface area contributed by atoms with Gasteiger partial charge in [-0.25, -0.2) is 0 Å². The molecule has 3 nitrogen and oxygen atoms in total. The predicted octanol–water partition coefficient (Wildman–Crippen LogP) is 16.6. The van der Waals surface area contributed by atoms with Crippen LogP contribution in [0.5, 0.6) is 0 Å². The van der Waals surface area contributed by atoms with Gasteiger partial charge < -0.3 is 14.5 Å². The molecule has 1 aliphatic heterocycles. The highest BCUT2D eigenvalue weighted by Crippen LogP contribution is 2.39. The van der Waals surface area contributed by atoms with Gasteiger partial charge in [0.15, 0.2) is 0 Å². The molecule has 0 bridgehead atoms. The SMILES string of the molecule is C/C=C\c1c(CC)n(-c2ccccc2)c2ccc(-c3cccc(-c4ccc5c(c4)c4ccccc4n5-c4ccc(C5C=C(c6ccccc6)C=C(c6ccccc6)N5)cc4)c3)cc12.CC.S. The maximum Gasteiger partial charge on any atom is 0.0707 e. The number of nitrogens with zero attached hydrogens (tertiary/aromatic N) is 2. The summed E-state index contributed by atoms with van der Waals surface area (Å²) in [5, 5.41) is 7.60. The van der Waals surface area contributed by atoms with Gasteiger partial charge >= 0.3 is 0 Å². The number of aromatic nitrogens is 2. The van der Waals surface area contributed by atoms with Crippen LogP contribution in [0.1, 0.15) is 61.7 Å². The Labute approximate surface area is 396 Å². The summed E-state index contributed by atoms with van der Waals surface area (Å²) in [7, 11) is 0. The van der Waals surface area contributed by atoms with E-state index in [2.05, 4.69) is 253 Å². The molecule has 0 aliphatic carbocycles. The van der Waals surface area contributed by atoms with Crippen molar-refractivity contribution in [2.45, 2.75) is 40.2 Å². The number of para-hydroxylation sites is 2. The van der Waals surface area contributed by atoms with Crippen molar-refractivity contribution in [3.8, 4) is 33.6 Å². The smallest absolute Gasteiger partial charge is 0.0707 e. The molecule has 324 valence electrons. The van der Waals surface area contributed by atoms with Crippen molar-refractivity contribution in [3.63, 3.8) is 0 Å². The average molecular weight is 874 g/mol. The van der Waals surface area contributed by atoms with E-state index in [1.54, 1.807) is 0 Å². The Morgan fingerprint density at radius 3 is 1.67 bits per heavy atom. The molecule has 10 aromatic rings. The number of allylic oxidation sites excluding steroid dienone is 3. The van der Waals surface area contributed by atoms with Crippen molar-refractivity contribution < 1.29 is 0 Å². The van der Waals surface area contributed by atoms with Crippen molar-refractivity contribution in [1.82, 2.24) is 14.5 Å². The summed E-state index contributed by atoms with van der Waals surface area (Å²) in [6, 6.07) is 72.9. The van der Waals surface area contributed by atoms with E-state index in [1.807, 2.05) is 13.8 Å². The summed E-state index contributed by atoms with van der Waals surface area (Å²) < 4.78 is 4.84. The molecule has 3 heterocycles. The topological polar surface area (TPSA) is 21.9 Å². The minimum atomic E-state index is 0. The number of dihydropyridines is 1. The van der Waals surface area contributed by atoms with Crippen LogP contribution >= 0.6 is 13.5 Å². The van der Waals surface area contributed by atoms with E-state index in [4.69, 9.17) is 0 Å². The third-order valence-corrected chi connectivity index (χ3v) is 12.7. The largest absolute Gasteiger partial charge is 0.374 e. The van der Waals surface area contributed by atoms with Crippen molar-refractivity contribution in [2.75, 3.05) is 0 Å². The van der Waals surface area contributed by atoms with Crippen molar-refractivity contribution in [3.05, 3.63) is 246 Å². The molecule has 0 saturated carbocycles. The monoisotopic (exact) mass is 873 g/mol. The summed E-state index contributed by atoms with van der Waals surface area (Å²) in [6.45, 7) is 8.36. The molecule has 11 rings (SSSR count). The van der Waals surface area contributed by atoms with E-state index in [1.165, 1.54) is 94.2 Å². The first-order valence-corrected chi connectivity index (χ1v) is 23.1. The molecule has 1 N–H and O–H groups in total. The number of hydrogen-bond acceptors (Lipinski definition) is 1. The fraction of sp³-hybridized carbons (Fsp3) is 0.0968. The molecule has 0 amide bonds. The van der Waals surface area contributed by atoms with E-state index >= 15 is 0 Å². The molecule has 0 saturated heterocycles. The molecule has 2 aromatic heterocycles. The Bertz CT molecular complexity index is 3390. The van der Waals surface area contributed by atoms with Gasteiger partial charge in [-0.2, -0.15) is 13.5 Å². The molecule has 1 unspecified atom stereocenters. The summed E-state index contributed by atoms with van der Waals surface area (Å²) in [4.78, 5) is 0. The van der Waals surface area contributed by atoms with E-state index in [0.29, 0.717) is 0 Å². The molecule has 8 aromatic carbocycles. The molecular weight excluding hydrogens is 819 g/mol. The lowest BCUT2D eigenvalue weighted by Gasteiger charge is -2.26. The Kier molecular flexibility index (Phi) is 12.8. The zero-order valence-corrected chi connectivity index (χ0v) is 39.0. The number of benzene rings is 8. The summed E-state index contributed by atoms with van der Waals surface area (Å²) >= 11 is 0. The first kappa shape index (κ1) is 43.7. The van der Waals surface area contributed by atoms with Gasteiger partial charge in [-0.15, -0.1) is 0 Å². The third kappa shape index (κ3) is 8.10. The lowest BCUT2D eigenvalue weighted by atomic mass is 9.93. The zero-order chi connectivity index (χ0) is 44.3. The maximum atomic E-state index is 3.84. The number of fused-ring (bicyclic) bond motifs is 4. The Morgan fingerprint density at radius 1 is 0.485 bits per heavy atom. The molecular formula is C62H55N3S. The van der Waals surface area contributed by atoms with Crippen LogP contribution in [0.3, 0.4) is 0 Å². The lowest BCUT2D eigenvalue weighted by molar-refractivity contribution is 0.766. The Hall–Kier alpha value is -7.53. The van der Waals surface area contributed by atoms with Crippen LogP contribution < -0.4 is 5.32 Å². The Balaban J connectivity index is 0.00000180. The van der Waals surface area contributed by atoms with Crippen molar-refractivity contribution in [2.24, 2.45) is 0 Å². The molecule has 0 fully saturated rings. The van der Waals surface area contributed by atoms with Gasteiger partial charge in [0.05, 0.1) is 22.6 Å². The summed E-state index contributed by atoms with van der Waals surface area (Å²) in [6.07, 6.45) is 9.99. The summed E-state index contributed by atoms with van der Waals surface area (Å²) in [5.74, 6) is 0. The van der Waals surface area contributed by atoms with Crippen molar-refractivity contribution in [1.29, 1.82) is 0 Å². The Morgan fingerprint density at radius 2 is 1.02 bits per heavy atom.